The molecule has 0 spiro atoms. The Labute approximate surface area is 85.1 Å². The second kappa shape index (κ2) is 7.36. The van der Waals surface area contributed by atoms with E-state index in [9.17, 15) is 9.90 Å². The number of aliphatic hydroxyl groups excluding tert-OH is 1. The van der Waals surface area contributed by atoms with Crippen molar-refractivity contribution >= 4 is 5.97 Å². The molecule has 0 heterocycles. The van der Waals surface area contributed by atoms with Gasteiger partial charge in [-0.1, -0.05) is 32.8 Å². The van der Waals surface area contributed by atoms with Gasteiger partial charge in [-0.15, -0.1) is 5.73 Å². The lowest BCUT2D eigenvalue weighted by atomic mass is 10.0. The number of hydrogen-bond donors (Lipinski definition) is 1. The van der Waals surface area contributed by atoms with E-state index in [1.165, 1.54) is 7.11 Å². The summed E-state index contributed by atoms with van der Waals surface area (Å²) in [7, 11) is 1.28. The molecule has 14 heavy (non-hydrogen) atoms. The molecule has 80 valence electrons. The van der Waals surface area contributed by atoms with Gasteiger partial charge in [-0.05, 0) is 6.42 Å². The Hall–Kier alpha value is -1.05. The van der Waals surface area contributed by atoms with Crippen LogP contribution >= 0.6 is 0 Å². The van der Waals surface area contributed by atoms with Crippen molar-refractivity contribution in [1.29, 1.82) is 0 Å². The highest BCUT2D eigenvalue weighted by Crippen LogP contribution is 2.11. The molecular weight excluding hydrogens is 180 g/mol. The first-order valence-corrected chi connectivity index (χ1v) is 4.83. The highest BCUT2D eigenvalue weighted by molar-refractivity contribution is 5.89. The van der Waals surface area contributed by atoms with Crippen molar-refractivity contribution in [2.45, 2.75) is 38.7 Å². The molecule has 0 saturated heterocycles. The second-order valence-electron chi connectivity index (χ2n) is 3.09. The maximum atomic E-state index is 11.1. The zero-order valence-electron chi connectivity index (χ0n) is 8.88. The van der Waals surface area contributed by atoms with Gasteiger partial charge in [0, 0.05) is 0 Å². The van der Waals surface area contributed by atoms with Crippen molar-refractivity contribution in [2.24, 2.45) is 0 Å². The standard InChI is InChI=1S/C11H18O3/c1-4-6-7-8-10(12)9(5-2)11(13)14-3/h10,12H,2,4,6-8H2,1,3H3. The average Bonchev–Trinajstić information content (AvgIpc) is 2.19. The molecule has 0 bridgehead atoms. The zero-order valence-corrected chi connectivity index (χ0v) is 8.88. The maximum absolute atomic E-state index is 11.1. The summed E-state index contributed by atoms with van der Waals surface area (Å²) >= 11 is 0. The van der Waals surface area contributed by atoms with E-state index in [0.29, 0.717) is 6.42 Å². The molecule has 0 fully saturated rings. The van der Waals surface area contributed by atoms with E-state index in [-0.39, 0.29) is 5.57 Å². The molecule has 1 N–H and O–H groups in total. The highest BCUT2D eigenvalue weighted by atomic mass is 16.5. The Kier molecular flexibility index (Phi) is 6.81. The topological polar surface area (TPSA) is 46.5 Å². The molecule has 3 nitrogen and oxygen atoms in total. The monoisotopic (exact) mass is 198 g/mol. The van der Waals surface area contributed by atoms with Crippen molar-refractivity contribution < 1.29 is 14.6 Å². The molecule has 0 aliphatic rings. The van der Waals surface area contributed by atoms with Gasteiger partial charge in [-0.25, -0.2) is 4.79 Å². The third-order valence-corrected chi connectivity index (χ3v) is 2.01. The lowest BCUT2D eigenvalue weighted by Gasteiger charge is -2.10. The van der Waals surface area contributed by atoms with E-state index in [1.807, 2.05) is 0 Å². The first-order chi connectivity index (χ1) is 6.67. The number of esters is 1. The van der Waals surface area contributed by atoms with Crippen LogP contribution in [0, 0.1) is 0 Å². The molecule has 0 aromatic heterocycles. The Morgan fingerprint density at radius 3 is 2.64 bits per heavy atom. The van der Waals surface area contributed by atoms with E-state index in [0.717, 1.165) is 19.3 Å². The van der Waals surface area contributed by atoms with Crippen LogP contribution in [0.5, 0.6) is 0 Å². The molecule has 0 aliphatic heterocycles. The second-order valence-corrected chi connectivity index (χ2v) is 3.09. The fourth-order valence-electron chi connectivity index (χ4n) is 1.17. The largest absolute Gasteiger partial charge is 0.465 e. The molecule has 0 radical (unpaired) electrons. The number of aliphatic hydroxyl groups is 1. The van der Waals surface area contributed by atoms with Crippen LogP contribution in [0.15, 0.2) is 17.9 Å². The lowest BCUT2D eigenvalue weighted by Crippen LogP contribution is -2.18. The summed E-state index contributed by atoms with van der Waals surface area (Å²) in [6.07, 6.45) is 2.77. The molecule has 1 atom stereocenters. The molecule has 0 aliphatic carbocycles. The van der Waals surface area contributed by atoms with E-state index >= 15 is 0 Å². The Morgan fingerprint density at radius 1 is 1.57 bits per heavy atom. The van der Waals surface area contributed by atoms with Gasteiger partial charge in [0.25, 0.3) is 0 Å². The number of ether oxygens (including phenoxy) is 1. The maximum Gasteiger partial charge on any atom is 0.344 e. The number of hydrogen-bond acceptors (Lipinski definition) is 3. The SMILES string of the molecule is C=C=C(C(=O)OC)C(O)CCCCC. The molecule has 0 amide bonds. The molecule has 3 heteroatoms. The average molecular weight is 198 g/mol. The van der Waals surface area contributed by atoms with Crippen LogP contribution in [0.2, 0.25) is 0 Å². The van der Waals surface area contributed by atoms with Crippen molar-refractivity contribution in [3.63, 3.8) is 0 Å². The summed E-state index contributed by atoms with van der Waals surface area (Å²) < 4.78 is 4.49. The van der Waals surface area contributed by atoms with Gasteiger partial charge in [-0.3, -0.25) is 0 Å². The first kappa shape index (κ1) is 12.9. The number of rotatable bonds is 6. The van der Waals surface area contributed by atoms with Crippen LogP contribution in [0.4, 0.5) is 0 Å². The summed E-state index contributed by atoms with van der Waals surface area (Å²) in [5.74, 6) is -0.552. The predicted molar refractivity (Wildman–Crippen MR) is 54.8 cm³/mol. The molecular formula is C11H18O3. The van der Waals surface area contributed by atoms with Crippen molar-refractivity contribution in [3.8, 4) is 0 Å². The number of methoxy groups -OCH3 is 1. The molecule has 0 aromatic rings. The van der Waals surface area contributed by atoms with Gasteiger partial charge in [0.15, 0.2) is 0 Å². The van der Waals surface area contributed by atoms with Gasteiger partial charge in [0.1, 0.15) is 5.57 Å². The van der Waals surface area contributed by atoms with Gasteiger partial charge in [0.2, 0.25) is 0 Å². The van der Waals surface area contributed by atoms with E-state index in [2.05, 4.69) is 24.0 Å². The van der Waals surface area contributed by atoms with Gasteiger partial charge in [0.05, 0.1) is 13.2 Å². The lowest BCUT2D eigenvalue weighted by molar-refractivity contribution is -0.137. The van der Waals surface area contributed by atoms with Crippen LogP contribution in [0.3, 0.4) is 0 Å². The van der Waals surface area contributed by atoms with Gasteiger partial charge < -0.3 is 9.84 Å². The summed E-state index contributed by atoms with van der Waals surface area (Å²) in [5.41, 5.74) is 2.55. The minimum atomic E-state index is -0.800. The molecule has 0 saturated carbocycles. The van der Waals surface area contributed by atoms with Crippen molar-refractivity contribution in [3.05, 3.63) is 17.9 Å². The minimum Gasteiger partial charge on any atom is -0.465 e. The third-order valence-electron chi connectivity index (χ3n) is 2.01. The van der Waals surface area contributed by atoms with Gasteiger partial charge in [-0.2, -0.15) is 0 Å². The molecule has 0 rings (SSSR count). The van der Waals surface area contributed by atoms with Crippen LogP contribution in [-0.4, -0.2) is 24.3 Å². The van der Waals surface area contributed by atoms with Crippen molar-refractivity contribution in [2.75, 3.05) is 7.11 Å². The van der Waals surface area contributed by atoms with E-state index in [4.69, 9.17) is 0 Å². The van der Waals surface area contributed by atoms with Crippen molar-refractivity contribution in [1.82, 2.24) is 0 Å². The Balaban J connectivity index is 4.13. The number of unbranched alkanes of at least 4 members (excludes halogenated alkanes) is 2. The first-order valence-electron chi connectivity index (χ1n) is 4.83. The normalized spacial score (nSPS) is 11.6. The molecule has 1 unspecified atom stereocenters. The number of carbonyl (C=O) groups excluding carboxylic acids is 1. The van der Waals surface area contributed by atoms with Crippen LogP contribution < -0.4 is 0 Å². The smallest absolute Gasteiger partial charge is 0.344 e. The summed E-state index contributed by atoms with van der Waals surface area (Å²) in [5, 5.41) is 9.60. The zero-order chi connectivity index (χ0) is 11.0. The summed E-state index contributed by atoms with van der Waals surface area (Å²) in [6, 6.07) is 0. The highest BCUT2D eigenvalue weighted by Gasteiger charge is 2.18. The Bertz CT molecular complexity index is 227. The van der Waals surface area contributed by atoms with Crippen LogP contribution in [0.25, 0.3) is 0 Å². The van der Waals surface area contributed by atoms with E-state index < -0.39 is 12.1 Å². The summed E-state index contributed by atoms with van der Waals surface area (Å²) in [6.45, 7) is 5.44. The van der Waals surface area contributed by atoms with Crippen LogP contribution in [-0.2, 0) is 9.53 Å². The fraction of sp³-hybridized carbons (Fsp3) is 0.636. The minimum absolute atomic E-state index is 0.128. The fourth-order valence-corrected chi connectivity index (χ4v) is 1.17. The predicted octanol–water partition coefficient (Wildman–Crippen LogP) is 1.81. The summed E-state index contributed by atoms with van der Waals surface area (Å²) in [4.78, 5) is 11.1. The van der Waals surface area contributed by atoms with Crippen LogP contribution in [0.1, 0.15) is 32.6 Å². The van der Waals surface area contributed by atoms with Gasteiger partial charge >= 0.3 is 5.97 Å². The molecule has 0 aromatic carbocycles. The quantitative estimate of drug-likeness (QED) is 0.306. The third kappa shape index (κ3) is 4.26. The Morgan fingerprint density at radius 2 is 2.21 bits per heavy atom. The van der Waals surface area contributed by atoms with E-state index in [1.54, 1.807) is 0 Å². The number of carbonyl (C=O) groups is 1.